The van der Waals surface area contributed by atoms with Crippen LogP contribution < -0.4 is 5.73 Å². The third-order valence-corrected chi connectivity index (χ3v) is 6.90. The average molecular weight is 381 g/mol. The van der Waals surface area contributed by atoms with Crippen LogP contribution in [0.5, 0.6) is 0 Å². The van der Waals surface area contributed by atoms with Crippen molar-refractivity contribution >= 4 is 20.9 Å². The lowest BCUT2D eigenvalue weighted by Gasteiger charge is -2.29. The average Bonchev–Trinajstić information content (AvgIpc) is 2.62. The third kappa shape index (κ3) is 8.14. The van der Waals surface area contributed by atoms with E-state index in [4.69, 9.17) is 19.0 Å². The molecule has 0 saturated heterocycles. The largest absolute Gasteiger partial charge is 0.500 e. The summed E-state index contributed by atoms with van der Waals surface area (Å²) in [5.41, 5.74) is 6.60. The van der Waals surface area contributed by atoms with E-state index in [1.54, 1.807) is 4.90 Å². The fourth-order valence-electron chi connectivity index (χ4n) is 2.66. The van der Waals surface area contributed by atoms with Crippen molar-refractivity contribution in [3.63, 3.8) is 0 Å². The molecule has 0 fully saturated rings. The van der Waals surface area contributed by atoms with Gasteiger partial charge in [-0.15, -0.1) is 0 Å². The lowest BCUT2D eigenvalue weighted by Crippen LogP contribution is -2.47. The molecule has 2 N–H and O–H groups in total. The molecule has 1 rings (SSSR count). The molecule has 0 aliphatic carbocycles. The van der Waals surface area contributed by atoms with Gasteiger partial charge in [0.05, 0.1) is 0 Å². The minimum Gasteiger partial charge on any atom is -0.374 e. The monoisotopic (exact) mass is 380 g/mol. The molecule has 7 heteroatoms. The topological polar surface area (TPSA) is 74.0 Å². The van der Waals surface area contributed by atoms with Crippen molar-refractivity contribution in [2.24, 2.45) is 5.73 Å². The molecule has 0 spiro atoms. The number of hydrogen-bond donors (Lipinski definition) is 1. The van der Waals surface area contributed by atoms with Crippen molar-refractivity contribution in [3.8, 4) is 0 Å². The van der Waals surface area contributed by atoms with Crippen LogP contribution in [0, 0.1) is 0 Å². The van der Waals surface area contributed by atoms with Crippen molar-refractivity contribution in [2.45, 2.75) is 33.2 Å². The number of rotatable bonds is 13. The van der Waals surface area contributed by atoms with Gasteiger partial charge in [0.1, 0.15) is 0 Å². The van der Waals surface area contributed by atoms with E-state index in [1.165, 1.54) is 0 Å². The highest BCUT2D eigenvalue weighted by atomic mass is 28.4. The van der Waals surface area contributed by atoms with Gasteiger partial charge in [-0.1, -0.05) is 42.5 Å². The van der Waals surface area contributed by atoms with E-state index in [1.807, 2.05) is 63.3 Å². The molecular formula is C19H32N2O4Si. The van der Waals surface area contributed by atoms with Crippen molar-refractivity contribution in [1.29, 1.82) is 0 Å². The van der Waals surface area contributed by atoms with Crippen LogP contribution in [0.25, 0.3) is 6.08 Å². The highest BCUT2D eigenvalue weighted by Gasteiger charge is 2.39. The molecule has 0 unspecified atom stereocenters. The first-order valence-electron chi connectivity index (χ1n) is 9.24. The molecule has 0 aliphatic rings. The molecule has 0 saturated carbocycles. The van der Waals surface area contributed by atoms with E-state index in [0.29, 0.717) is 45.4 Å². The van der Waals surface area contributed by atoms with Crippen LogP contribution in [0.3, 0.4) is 0 Å². The molecule has 6 nitrogen and oxygen atoms in total. The van der Waals surface area contributed by atoms with Gasteiger partial charge in [0, 0.05) is 39.0 Å². The van der Waals surface area contributed by atoms with Gasteiger partial charge in [-0.05, 0) is 32.8 Å². The van der Waals surface area contributed by atoms with E-state index in [0.717, 1.165) is 5.56 Å². The van der Waals surface area contributed by atoms with Crippen LogP contribution in [0.1, 0.15) is 32.8 Å². The first-order valence-corrected chi connectivity index (χ1v) is 11.2. The molecule has 1 aromatic carbocycles. The molecule has 0 heterocycles. The summed E-state index contributed by atoms with van der Waals surface area (Å²) in [7, 11) is -2.68. The summed E-state index contributed by atoms with van der Waals surface area (Å²) in [6.45, 7) is 8.45. The maximum Gasteiger partial charge on any atom is 0.500 e. The molecule has 0 radical (unpaired) electrons. The summed E-state index contributed by atoms with van der Waals surface area (Å²) in [5, 5.41) is 0. The third-order valence-electron chi connectivity index (χ3n) is 3.75. The van der Waals surface area contributed by atoms with E-state index >= 15 is 0 Å². The summed E-state index contributed by atoms with van der Waals surface area (Å²) < 4.78 is 17.5. The Bertz CT molecular complexity index is 523. The van der Waals surface area contributed by atoms with Gasteiger partial charge in [-0.2, -0.15) is 0 Å². The number of primary amides is 1. The van der Waals surface area contributed by atoms with Gasteiger partial charge in [-0.25, -0.2) is 4.79 Å². The Labute approximate surface area is 158 Å². The summed E-state index contributed by atoms with van der Waals surface area (Å²) >= 11 is 0. The second-order valence-electron chi connectivity index (χ2n) is 5.68. The van der Waals surface area contributed by atoms with Gasteiger partial charge >= 0.3 is 14.8 Å². The van der Waals surface area contributed by atoms with Gasteiger partial charge < -0.3 is 23.9 Å². The Kier molecular flexibility index (Phi) is 10.9. The Balaban J connectivity index is 2.58. The first-order chi connectivity index (χ1) is 12.6. The van der Waals surface area contributed by atoms with Crippen LogP contribution in [0.2, 0.25) is 6.04 Å². The van der Waals surface area contributed by atoms with Crippen LogP contribution in [-0.4, -0.2) is 52.6 Å². The van der Waals surface area contributed by atoms with Crippen molar-refractivity contribution in [3.05, 3.63) is 42.0 Å². The van der Waals surface area contributed by atoms with Gasteiger partial charge in [0.2, 0.25) is 0 Å². The molecule has 0 aliphatic heterocycles. The van der Waals surface area contributed by atoms with E-state index < -0.39 is 14.8 Å². The minimum absolute atomic E-state index is 0.431. The van der Waals surface area contributed by atoms with Crippen molar-refractivity contribution in [1.82, 2.24) is 4.90 Å². The van der Waals surface area contributed by atoms with Gasteiger partial charge in [-0.3, -0.25) is 0 Å². The molecule has 0 bridgehead atoms. The van der Waals surface area contributed by atoms with Gasteiger partial charge in [0.15, 0.2) is 0 Å². The predicted molar refractivity (Wildman–Crippen MR) is 107 cm³/mol. The van der Waals surface area contributed by atoms with Crippen LogP contribution in [0.4, 0.5) is 4.79 Å². The number of amides is 2. The second-order valence-corrected chi connectivity index (χ2v) is 8.41. The fraction of sp³-hybridized carbons (Fsp3) is 0.526. The molecule has 0 atom stereocenters. The SMILES string of the molecule is CCO[Si](CCCN(CC=Cc1ccccc1)C(N)=O)(OCC)OCC. The summed E-state index contributed by atoms with van der Waals surface area (Å²) in [5.74, 6) is 0. The molecule has 1 aromatic rings. The molecular weight excluding hydrogens is 348 g/mol. The van der Waals surface area contributed by atoms with E-state index in [2.05, 4.69) is 0 Å². The smallest absolute Gasteiger partial charge is 0.374 e. The van der Waals surface area contributed by atoms with Crippen LogP contribution >= 0.6 is 0 Å². The highest BCUT2D eigenvalue weighted by molar-refractivity contribution is 6.60. The molecule has 146 valence electrons. The Morgan fingerprint density at radius 1 is 1.08 bits per heavy atom. The summed E-state index contributed by atoms with van der Waals surface area (Å²) in [4.78, 5) is 13.3. The Hall–Kier alpha value is -1.67. The number of nitrogens with two attached hydrogens (primary N) is 1. The first kappa shape index (κ1) is 22.4. The normalized spacial score (nSPS) is 11.8. The van der Waals surface area contributed by atoms with E-state index in [9.17, 15) is 4.79 Å². The fourth-order valence-corrected chi connectivity index (χ4v) is 5.25. The van der Waals surface area contributed by atoms with Crippen molar-refractivity contribution < 1.29 is 18.1 Å². The molecule has 26 heavy (non-hydrogen) atoms. The predicted octanol–water partition coefficient (Wildman–Crippen LogP) is 3.52. The van der Waals surface area contributed by atoms with Crippen LogP contribution in [-0.2, 0) is 13.3 Å². The standard InChI is InChI=1S/C19H32N2O4Si/c1-4-23-26(24-5-2,25-6-3)17-11-16-21(19(20)22)15-10-14-18-12-8-7-9-13-18/h7-10,12-14H,4-6,11,15-17H2,1-3H3,(H2,20,22). The maximum atomic E-state index is 11.7. The summed E-state index contributed by atoms with van der Waals surface area (Å²) in [6, 6.07) is 10.2. The number of hydrogen-bond acceptors (Lipinski definition) is 4. The number of urea groups is 1. The molecule has 2 amide bonds. The summed E-state index contributed by atoms with van der Waals surface area (Å²) in [6.07, 6.45) is 4.64. The lowest BCUT2D eigenvalue weighted by molar-refractivity contribution is 0.0702. The lowest BCUT2D eigenvalue weighted by atomic mass is 10.2. The zero-order valence-electron chi connectivity index (χ0n) is 16.1. The minimum atomic E-state index is -2.68. The zero-order chi connectivity index (χ0) is 19.3. The zero-order valence-corrected chi connectivity index (χ0v) is 17.1. The number of carbonyl (C=O) groups is 1. The quantitative estimate of drug-likeness (QED) is 0.531. The van der Waals surface area contributed by atoms with Crippen molar-refractivity contribution in [2.75, 3.05) is 32.9 Å². The molecule has 0 aromatic heterocycles. The number of carbonyl (C=O) groups excluding carboxylic acids is 1. The Morgan fingerprint density at radius 2 is 1.65 bits per heavy atom. The van der Waals surface area contributed by atoms with Gasteiger partial charge in [0.25, 0.3) is 0 Å². The van der Waals surface area contributed by atoms with Crippen LogP contribution in [0.15, 0.2) is 36.4 Å². The van der Waals surface area contributed by atoms with E-state index in [-0.39, 0.29) is 0 Å². The second kappa shape index (κ2) is 12.6. The Morgan fingerprint density at radius 3 is 2.15 bits per heavy atom. The number of nitrogens with zero attached hydrogens (tertiary/aromatic N) is 1. The number of benzene rings is 1. The highest BCUT2D eigenvalue weighted by Crippen LogP contribution is 2.18. The maximum absolute atomic E-state index is 11.7.